The lowest BCUT2D eigenvalue weighted by Crippen LogP contribution is -2.50. The summed E-state index contributed by atoms with van der Waals surface area (Å²) in [6.07, 6.45) is 10.1. The maximum Gasteiger partial charge on any atom is 0.255 e. The molecule has 2 atom stereocenters. The molecule has 0 spiro atoms. The summed E-state index contributed by atoms with van der Waals surface area (Å²) in [4.78, 5) is 55.1. The van der Waals surface area contributed by atoms with Gasteiger partial charge in [0.2, 0.25) is 17.7 Å². The summed E-state index contributed by atoms with van der Waals surface area (Å²) in [7, 11) is 3.81. The number of amides is 4. The van der Waals surface area contributed by atoms with E-state index in [0.717, 1.165) is 44.1 Å². The lowest BCUT2D eigenvalue weighted by Gasteiger charge is -2.22. The van der Waals surface area contributed by atoms with Crippen LogP contribution in [0.2, 0.25) is 0 Å². The molecule has 0 bridgehead atoms. The van der Waals surface area contributed by atoms with Gasteiger partial charge in [-0.2, -0.15) is 0 Å². The average Bonchev–Trinajstić information content (AvgIpc) is 3.04. The predicted octanol–water partition coefficient (Wildman–Crippen LogP) is 3.99. The largest absolute Gasteiger partial charge is 0.493 e. The fourth-order valence-electron chi connectivity index (χ4n) is 5.39. The molecule has 2 aromatic carbocycles. The van der Waals surface area contributed by atoms with E-state index in [0.29, 0.717) is 44.0 Å². The van der Waals surface area contributed by atoms with Crippen molar-refractivity contribution < 1.29 is 23.9 Å². The molecule has 4 N–H and O–H groups in total. The molecule has 3 rings (SSSR count). The third-order valence-electron chi connectivity index (χ3n) is 8.08. The van der Waals surface area contributed by atoms with Crippen molar-refractivity contribution in [2.45, 2.75) is 89.1 Å². The second kappa shape index (κ2) is 21.0. The third-order valence-corrected chi connectivity index (χ3v) is 8.08. The first-order valence-corrected chi connectivity index (χ1v) is 16.9. The molecule has 0 radical (unpaired) electrons. The monoisotopic (exact) mass is 635 g/mol. The number of likely N-dealkylation sites (N-methyl/N-ethyl adjacent to an activating group) is 1. The number of hydrogen-bond acceptors (Lipinski definition) is 6. The molecule has 0 aliphatic carbocycles. The van der Waals surface area contributed by atoms with Crippen LogP contribution in [0.25, 0.3) is 0 Å². The van der Waals surface area contributed by atoms with E-state index in [9.17, 15) is 19.2 Å². The predicted molar refractivity (Wildman–Crippen MR) is 181 cm³/mol. The third kappa shape index (κ3) is 14.0. The van der Waals surface area contributed by atoms with Crippen molar-refractivity contribution in [3.05, 3.63) is 65.7 Å². The summed E-state index contributed by atoms with van der Waals surface area (Å²) < 4.78 is 6.00. The molecule has 252 valence electrons. The van der Waals surface area contributed by atoms with Crippen molar-refractivity contribution in [2.75, 3.05) is 40.3 Å². The van der Waals surface area contributed by atoms with Crippen LogP contribution in [0.3, 0.4) is 0 Å². The van der Waals surface area contributed by atoms with Gasteiger partial charge in [0.1, 0.15) is 17.8 Å². The highest BCUT2D eigenvalue weighted by atomic mass is 16.5. The molecular formula is C36H53N5O5. The van der Waals surface area contributed by atoms with Crippen molar-refractivity contribution in [2.24, 2.45) is 0 Å². The maximum absolute atomic E-state index is 13.5. The van der Waals surface area contributed by atoms with E-state index in [4.69, 9.17) is 4.74 Å². The lowest BCUT2D eigenvalue weighted by molar-refractivity contribution is -0.129. The number of carbonyl (C=O) groups excluding carboxylic acids is 4. The van der Waals surface area contributed by atoms with Crippen LogP contribution in [0.4, 0.5) is 0 Å². The minimum absolute atomic E-state index is 0.0528. The number of carbonyl (C=O) groups is 4. The second-order valence-electron chi connectivity index (χ2n) is 12.3. The molecule has 2 aromatic rings. The zero-order valence-corrected chi connectivity index (χ0v) is 27.7. The highest BCUT2D eigenvalue weighted by molar-refractivity contribution is 5.99. The first-order chi connectivity index (χ1) is 22.3. The maximum atomic E-state index is 13.5. The zero-order chi connectivity index (χ0) is 33.0. The number of rotatable bonds is 6. The first kappa shape index (κ1) is 36.5. The molecule has 0 unspecified atom stereocenters. The molecule has 0 aromatic heterocycles. The summed E-state index contributed by atoms with van der Waals surface area (Å²) >= 11 is 0. The standard InChI is InChI=1S/C36H53N5O5/c1-41(2)25-24-38-35(44)30-21-22-33(42)39-31(27-28-17-11-10-12-18-28)36(45)37-23-15-8-6-4-3-5-7-9-16-26-46-32-20-14-13-19-29(32)34(43)40-30/h10-14,17-20,30-31H,3-9,15-16,21-27H2,1-2H3,(H,37,45)(H,38,44)(H,39,42)(H,40,43)/t30-,31-/m0/s1. The van der Waals surface area contributed by atoms with Crippen LogP contribution in [0, 0.1) is 0 Å². The highest BCUT2D eigenvalue weighted by Gasteiger charge is 2.26. The van der Waals surface area contributed by atoms with E-state index >= 15 is 0 Å². The van der Waals surface area contributed by atoms with Gasteiger partial charge in [0.15, 0.2) is 0 Å². The average molecular weight is 636 g/mol. The van der Waals surface area contributed by atoms with Crippen molar-refractivity contribution in [3.63, 3.8) is 0 Å². The van der Waals surface area contributed by atoms with E-state index in [1.54, 1.807) is 18.2 Å². The van der Waals surface area contributed by atoms with Gasteiger partial charge >= 0.3 is 0 Å². The van der Waals surface area contributed by atoms with E-state index in [-0.39, 0.29) is 30.6 Å². The Bertz CT molecular complexity index is 1220. The van der Waals surface area contributed by atoms with Crippen LogP contribution in [-0.4, -0.2) is 80.9 Å². The van der Waals surface area contributed by atoms with Gasteiger partial charge in [0.25, 0.3) is 5.91 Å². The van der Waals surface area contributed by atoms with Crippen molar-refractivity contribution in [1.82, 2.24) is 26.2 Å². The van der Waals surface area contributed by atoms with E-state index < -0.39 is 18.0 Å². The quantitative estimate of drug-likeness (QED) is 0.380. The molecule has 1 heterocycles. The second-order valence-corrected chi connectivity index (χ2v) is 12.3. The van der Waals surface area contributed by atoms with Crippen LogP contribution in [0.5, 0.6) is 5.75 Å². The Labute approximate surface area is 274 Å². The molecule has 0 fully saturated rings. The normalized spacial score (nSPS) is 20.2. The van der Waals surface area contributed by atoms with Crippen LogP contribution in [0.15, 0.2) is 54.6 Å². The fourth-order valence-corrected chi connectivity index (χ4v) is 5.39. The SMILES string of the molecule is CN(C)CCNC(=O)[C@@H]1CCC(=O)N[C@@H](Cc2ccccc2)C(=O)NCCCCCCCCCCCOc2ccccc2C(=O)N1. The highest BCUT2D eigenvalue weighted by Crippen LogP contribution is 2.19. The van der Waals surface area contributed by atoms with E-state index in [1.165, 1.54) is 19.3 Å². The molecular weight excluding hydrogens is 582 g/mol. The van der Waals surface area contributed by atoms with Gasteiger partial charge in [-0.3, -0.25) is 19.2 Å². The Kier molecular flexibility index (Phi) is 16.7. The molecule has 4 amide bonds. The van der Waals surface area contributed by atoms with Gasteiger partial charge in [-0.1, -0.05) is 87.4 Å². The molecule has 0 saturated carbocycles. The Morgan fingerprint density at radius 2 is 1.50 bits per heavy atom. The summed E-state index contributed by atoms with van der Waals surface area (Å²) in [5.74, 6) is -0.945. The zero-order valence-electron chi connectivity index (χ0n) is 27.7. The molecule has 10 nitrogen and oxygen atoms in total. The minimum Gasteiger partial charge on any atom is -0.493 e. The van der Waals surface area contributed by atoms with Crippen LogP contribution in [0.1, 0.15) is 86.6 Å². The van der Waals surface area contributed by atoms with Gasteiger partial charge in [-0.05, 0) is 51.1 Å². The van der Waals surface area contributed by atoms with Crippen LogP contribution < -0.4 is 26.0 Å². The summed E-state index contributed by atoms with van der Waals surface area (Å²) in [5.41, 5.74) is 1.27. The van der Waals surface area contributed by atoms with Crippen molar-refractivity contribution >= 4 is 23.6 Å². The Morgan fingerprint density at radius 1 is 0.848 bits per heavy atom. The lowest BCUT2D eigenvalue weighted by atomic mass is 10.0. The Balaban J connectivity index is 1.76. The first-order valence-electron chi connectivity index (χ1n) is 16.9. The van der Waals surface area contributed by atoms with Crippen molar-refractivity contribution in [3.8, 4) is 5.75 Å². The van der Waals surface area contributed by atoms with Crippen LogP contribution >= 0.6 is 0 Å². The van der Waals surface area contributed by atoms with Gasteiger partial charge in [0, 0.05) is 32.5 Å². The summed E-state index contributed by atoms with van der Waals surface area (Å²) in [6.45, 7) is 2.08. The number of hydrogen-bond donors (Lipinski definition) is 4. The minimum atomic E-state index is -0.958. The fraction of sp³-hybridized carbons (Fsp3) is 0.556. The number of benzene rings is 2. The molecule has 1 aliphatic rings. The Morgan fingerprint density at radius 3 is 2.22 bits per heavy atom. The van der Waals surface area contributed by atoms with Gasteiger partial charge < -0.3 is 30.9 Å². The summed E-state index contributed by atoms with van der Waals surface area (Å²) in [6, 6.07) is 14.9. The van der Waals surface area contributed by atoms with Crippen molar-refractivity contribution in [1.29, 1.82) is 0 Å². The van der Waals surface area contributed by atoms with E-state index in [1.807, 2.05) is 55.4 Å². The van der Waals surface area contributed by atoms with Gasteiger partial charge in [0.05, 0.1) is 12.2 Å². The van der Waals surface area contributed by atoms with Crippen LogP contribution in [-0.2, 0) is 20.8 Å². The smallest absolute Gasteiger partial charge is 0.255 e. The summed E-state index contributed by atoms with van der Waals surface area (Å²) in [5, 5.41) is 11.6. The number of nitrogens with one attached hydrogen (secondary N) is 4. The van der Waals surface area contributed by atoms with E-state index in [2.05, 4.69) is 21.3 Å². The van der Waals surface area contributed by atoms with Gasteiger partial charge in [-0.25, -0.2) is 0 Å². The van der Waals surface area contributed by atoms with Gasteiger partial charge in [-0.15, -0.1) is 0 Å². The number of para-hydroxylation sites is 1. The number of ether oxygens (including phenoxy) is 1. The number of fused-ring (bicyclic) bond motifs is 1. The topological polar surface area (TPSA) is 129 Å². The molecule has 10 heteroatoms. The molecule has 0 saturated heterocycles. The molecule has 1 aliphatic heterocycles. The molecule has 46 heavy (non-hydrogen) atoms. The number of nitrogens with zero attached hydrogens (tertiary/aromatic N) is 1. The Hall–Kier alpha value is -3.92.